The molecule has 3 heteroatoms. The van der Waals surface area contributed by atoms with Crippen molar-refractivity contribution in [2.75, 3.05) is 5.32 Å². The van der Waals surface area contributed by atoms with Gasteiger partial charge in [-0.25, -0.2) is 0 Å². The highest BCUT2D eigenvalue weighted by Crippen LogP contribution is 2.26. The Bertz CT molecular complexity index is 661. The number of carbonyl (C=O) groups excluding carboxylic acids is 2. The highest BCUT2D eigenvalue weighted by Gasteiger charge is 2.24. The first-order valence-electron chi connectivity index (χ1n) is 7.19. The molecule has 1 atom stereocenters. The highest BCUT2D eigenvalue weighted by atomic mass is 16.1. The summed E-state index contributed by atoms with van der Waals surface area (Å²) in [5.41, 5.74) is 3.99. The lowest BCUT2D eigenvalue weighted by molar-refractivity contribution is -0.120. The van der Waals surface area contributed by atoms with E-state index < -0.39 is 0 Å². The number of amides is 1. The van der Waals surface area contributed by atoms with Crippen LogP contribution in [0.15, 0.2) is 48.5 Å². The molecule has 1 N–H and O–H groups in total. The molecule has 0 radical (unpaired) electrons. The molecule has 0 saturated heterocycles. The van der Waals surface area contributed by atoms with Gasteiger partial charge in [-0.2, -0.15) is 0 Å². The molecule has 3 nitrogen and oxygen atoms in total. The van der Waals surface area contributed by atoms with E-state index in [1.807, 2.05) is 12.1 Å². The molecule has 0 saturated carbocycles. The van der Waals surface area contributed by atoms with Gasteiger partial charge in [-0.15, -0.1) is 0 Å². The van der Waals surface area contributed by atoms with Gasteiger partial charge in [0.15, 0.2) is 0 Å². The van der Waals surface area contributed by atoms with Crippen molar-refractivity contribution in [2.24, 2.45) is 5.92 Å². The third-order valence-corrected chi connectivity index (χ3v) is 4.03. The predicted molar refractivity (Wildman–Crippen MR) is 82.4 cm³/mol. The van der Waals surface area contributed by atoms with Gasteiger partial charge in [0.1, 0.15) is 6.29 Å². The van der Waals surface area contributed by atoms with Gasteiger partial charge in [0.2, 0.25) is 5.91 Å². The molecule has 0 aliphatic heterocycles. The van der Waals surface area contributed by atoms with Gasteiger partial charge in [-0.05, 0) is 54.7 Å². The van der Waals surface area contributed by atoms with Crippen LogP contribution < -0.4 is 5.32 Å². The van der Waals surface area contributed by atoms with Crippen LogP contribution in [0.4, 0.5) is 5.69 Å². The van der Waals surface area contributed by atoms with E-state index in [0.29, 0.717) is 5.56 Å². The summed E-state index contributed by atoms with van der Waals surface area (Å²) in [6.07, 6.45) is 3.44. The zero-order chi connectivity index (χ0) is 14.7. The zero-order valence-corrected chi connectivity index (χ0v) is 11.7. The smallest absolute Gasteiger partial charge is 0.227 e. The van der Waals surface area contributed by atoms with E-state index in [1.54, 1.807) is 24.3 Å². The zero-order valence-electron chi connectivity index (χ0n) is 11.7. The molecule has 0 heterocycles. The van der Waals surface area contributed by atoms with Crippen molar-refractivity contribution in [3.05, 3.63) is 65.2 Å². The van der Waals surface area contributed by atoms with Gasteiger partial charge in [0.25, 0.3) is 0 Å². The molecule has 0 spiro atoms. The molecule has 3 rings (SSSR count). The standard InChI is InChI=1S/C18H17NO2/c20-12-13-5-9-17(10-6-13)19-18(21)16-8-7-14-3-1-2-4-15(14)11-16/h1-6,9-10,12,16H,7-8,11H2,(H,19,21). The summed E-state index contributed by atoms with van der Waals surface area (Å²) in [6, 6.07) is 15.3. The Labute approximate surface area is 124 Å². The minimum absolute atomic E-state index is 0.0191. The normalized spacial score (nSPS) is 16.9. The maximum atomic E-state index is 12.4. The lowest BCUT2D eigenvalue weighted by atomic mass is 9.83. The third kappa shape index (κ3) is 3.02. The number of rotatable bonds is 3. The number of fused-ring (bicyclic) bond motifs is 1. The Hall–Kier alpha value is -2.42. The van der Waals surface area contributed by atoms with Crippen LogP contribution in [0.5, 0.6) is 0 Å². The third-order valence-electron chi connectivity index (χ3n) is 4.03. The molecule has 21 heavy (non-hydrogen) atoms. The number of nitrogens with one attached hydrogen (secondary N) is 1. The first kappa shape index (κ1) is 13.6. The molecular weight excluding hydrogens is 262 g/mol. The summed E-state index contributed by atoms with van der Waals surface area (Å²) in [4.78, 5) is 23.0. The predicted octanol–water partition coefficient (Wildman–Crippen LogP) is 3.24. The highest BCUT2D eigenvalue weighted by molar-refractivity contribution is 5.93. The second kappa shape index (κ2) is 5.92. The molecule has 1 amide bonds. The Morgan fingerprint density at radius 1 is 1.05 bits per heavy atom. The van der Waals surface area contributed by atoms with E-state index in [4.69, 9.17) is 0 Å². The molecule has 2 aromatic carbocycles. The summed E-state index contributed by atoms with van der Waals surface area (Å²) in [5, 5.41) is 2.94. The summed E-state index contributed by atoms with van der Waals surface area (Å²) in [7, 11) is 0. The van der Waals surface area contributed by atoms with Crippen molar-refractivity contribution in [1.29, 1.82) is 0 Å². The van der Waals surface area contributed by atoms with Gasteiger partial charge in [-0.1, -0.05) is 24.3 Å². The summed E-state index contributed by atoms with van der Waals surface area (Å²) in [6.45, 7) is 0. The molecule has 1 unspecified atom stereocenters. The fourth-order valence-electron chi connectivity index (χ4n) is 2.81. The molecular formula is C18H17NO2. The minimum Gasteiger partial charge on any atom is -0.326 e. The largest absolute Gasteiger partial charge is 0.326 e. The molecule has 1 aliphatic carbocycles. The molecule has 0 aromatic heterocycles. The fourth-order valence-corrected chi connectivity index (χ4v) is 2.81. The average molecular weight is 279 g/mol. The van der Waals surface area contributed by atoms with Crippen LogP contribution in [0.2, 0.25) is 0 Å². The Morgan fingerprint density at radius 3 is 2.48 bits per heavy atom. The van der Waals surface area contributed by atoms with Crippen LogP contribution in [0.1, 0.15) is 27.9 Å². The lowest BCUT2D eigenvalue weighted by Gasteiger charge is -2.23. The van der Waals surface area contributed by atoms with Crippen molar-refractivity contribution in [1.82, 2.24) is 0 Å². The SMILES string of the molecule is O=Cc1ccc(NC(=O)C2CCc3ccccc3C2)cc1. The molecule has 2 aromatic rings. The second-order valence-corrected chi connectivity index (χ2v) is 5.44. The van der Waals surface area contributed by atoms with E-state index >= 15 is 0 Å². The fraction of sp³-hybridized carbons (Fsp3) is 0.222. The molecule has 0 bridgehead atoms. The number of hydrogen-bond donors (Lipinski definition) is 1. The van der Waals surface area contributed by atoms with Crippen molar-refractivity contribution < 1.29 is 9.59 Å². The lowest BCUT2D eigenvalue weighted by Crippen LogP contribution is -2.28. The number of aryl methyl sites for hydroxylation is 1. The summed E-state index contributed by atoms with van der Waals surface area (Å²) >= 11 is 0. The van der Waals surface area contributed by atoms with Crippen LogP contribution in [0, 0.1) is 5.92 Å². The maximum absolute atomic E-state index is 12.4. The Kier molecular flexibility index (Phi) is 3.82. The number of carbonyl (C=O) groups is 2. The quantitative estimate of drug-likeness (QED) is 0.877. The van der Waals surface area contributed by atoms with Gasteiger partial charge in [0, 0.05) is 17.2 Å². The van der Waals surface area contributed by atoms with Crippen LogP contribution in [0.25, 0.3) is 0 Å². The van der Waals surface area contributed by atoms with Gasteiger partial charge in [-0.3, -0.25) is 9.59 Å². The second-order valence-electron chi connectivity index (χ2n) is 5.44. The van der Waals surface area contributed by atoms with Crippen molar-refractivity contribution >= 4 is 17.9 Å². The van der Waals surface area contributed by atoms with Crippen LogP contribution in [-0.4, -0.2) is 12.2 Å². The molecule has 0 fully saturated rings. The van der Waals surface area contributed by atoms with Crippen LogP contribution in [-0.2, 0) is 17.6 Å². The molecule has 106 valence electrons. The van der Waals surface area contributed by atoms with E-state index in [1.165, 1.54) is 11.1 Å². The Balaban J connectivity index is 1.67. The minimum atomic E-state index is 0.0191. The van der Waals surface area contributed by atoms with E-state index in [9.17, 15) is 9.59 Å². The van der Waals surface area contributed by atoms with Crippen molar-refractivity contribution in [3.8, 4) is 0 Å². The average Bonchev–Trinajstić information content (AvgIpc) is 2.55. The molecule has 1 aliphatic rings. The first-order valence-corrected chi connectivity index (χ1v) is 7.19. The van der Waals surface area contributed by atoms with Crippen LogP contribution >= 0.6 is 0 Å². The number of aldehydes is 1. The topological polar surface area (TPSA) is 46.2 Å². The van der Waals surface area contributed by atoms with Crippen molar-refractivity contribution in [3.63, 3.8) is 0 Å². The van der Waals surface area contributed by atoms with Gasteiger partial charge in [0.05, 0.1) is 0 Å². The van der Waals surface area contributed by atoms with E-state index in [0.717, 1.165) is 31.2 Å². The number of anilines is 1. The number of benzene rings is 2. The van der Waals surface area contributed by atoms with Gasteiger partial charge < -0.3 is 5.32 Å². The van der Waals surface area contributed by atoms with Crippen LogP contribution in [0.3, 0.4) is 0 Å². The monoisotopic (exact) mass is 279 g/mol. The Morgan fingerprint density at radius 2 is 1.76 bits per heavy atom. The maximum Gasteiger partial charge on any atom is 0.227 e. The van der Waals surface area contributed by atoms with E-state index in [-0.39, 0.29) is 11.8 Å². The number of hydrogen-bond acceptors (Lipinski definition) is 2. The van der Waals surface area contributed by atoms with E-state index in [2.05, 4.69) is 17.4 Å². The first-order chi connectivity index (χ1) is 10.3. The summed E-state index contributed by atoms with van der Waals surface area (Å²) in [5.74, 6) is 0.0778. The van der Waals surface area contributed by atoms with Crippen molar-refractivity contribution in [2.45, 2.75) is 19.3 Å². The van der Waals surface area contributed by atoms with Gasteiger partial charge >= 0.3 is 0 Å². The summed E-state index contributed by atoms with van der Waals surface area (Å²) < 4.78 is 0.